The molecule has 0 aromatic carbocycles. The van der Waals surface area contributed by atoms with Crippen LogP contribution in [0.1, 0.15) is 6.42 Å². The Hall–Kier alpha value is -1.20. The second-order valence-corrected chi connectivity index (χ2v) is 4.59. The fourth-order valence-corrected chi connectivity index (χ4v) is 2.61. The molecule has 1 saturated heterocycles. The summed E-state index contributed by atoms with van der Waals surface area (Å²) in [7, 11) is 0. The summed E-state index contributed by atoms with van der Waals surface area (Å²) in [5, 5.41) is 9.98. The summed E-state index contributed by atoms with van der Waals surface area (Å²) < 4.78 is 0. The second-order valence-electron chi connectivity index (χ2n) is 3.70. The first-order valence-corrected chi connectivity index (χ1v) is 5.97. The van der Waals surface area contributed by atoms with Gasteiger partial charge in [-0.25, -0.2) is 9.97 Å². The molecule has 3 heterocycles. The lowest BCUT2D eigenvalue weighted by atomic mass is 10.2. The molecule has 5 heteroatoms. The summed E-state index contributed by atoms with van der Waals surface area (Å²) in [6.45, 7) is 2.12. The molecule has 1 atom stereocenters. The summed E-state index contributed by atoms with van der Waals surface area (Å²) in [5.41, 5.74) is 0. The number of anilines is 1. The number of rotatable bonds is 2. The Morgan fingerprint density at radius 1 is 1.47 bits per heavy atom. The fourth-order valence-electron chi connectivity index (χ4n) is 1.88. The molecular formula is C10H12N4S. The van der Waals surface area contributed by atoms with Gasteiger partial charge < -0.3 is 10.6 Å². The average Bonchev–Trinajstić information content (AvgIpc) is 2.87. The van der Waals surface area contributed by atoms with Crippen LogP contribution in [0.4, 0.5) is 5.82 Å². The molecule has 0 saturated carbocycles. The van der Waals surface area contributed by atoms with Crippen molar-refractivity contribution in [2.45, 2.75) is 12.5 Å². The van der Waals surface area contributed by atoms with Crippen molar-refractivity contribution in [2.24, 2.45) is 0 Å². The topological polar surface area (TPSA) is 49.8 Å². The molecule has 4 nitrogen and oxygen atoms in total. The number of fused-ring (bicyclic) bond motifs is 1. The molecule has 2 aromatic heterocycles. The van der Waals surface area contributed by atoms with Crippen LogP contribution in [0.15, 0.2) is 17.8 Å². The van der Waals surface area contributed by atoms with Crippen LogP contribution in [0.3, 0.4) is 0 Å². The molecule has 78 valence electrons. The van der Waals surface area contributed by atoms with Gasteiger partial charge in [-0.05, 0) is 24.4 Å². The minimum absolute atomic E-state index is 0.503. The Morgan fingerprint density at radius 3 is 3.33 bits per heavy atom. The Bertz CT molecular complexity index is 461. The molecule has 0 amide bonds. The van der Waals surface area contributed by atoms with Crippen LogP contribution in [-0.4, -0.2) is 29.1 Å². The summed E-state index contributed by atoms with van der Waals surface area (Å²) >= 11 is 1.65. The van der Waals surface area contributed by atoms with Gasteiger partial charge in [0.15, 0.2) is 0 Å². The van der Waals surface area contributed by atoms with Crippen LogP contribution in [0.25, 0.3) is 10.2 Å². The molecule has 1 aliphatic heterocycles. The molecule has 0 unspecified atom stereocenters. The van der Waals surface area contributed by atoms with E-state index in [0.717, 1.165) is 35.5 Å². The second kappa shape index (κ2) is 3.75. The molecular weight excluding hydrogens is 208 g/mol. The van der Waals surface area contributed by atoms with E-state index in [9.17, 15) is 0 Å². The van der Waals surface area contributed by atoms with E-state index in [1.54, 1.807) is 17.7 Å². The van der Waals surface area contributed by atoms with Gasteiger partial charge in [0.1, 0.15) is 17.0 Å². The van der Waals surface area contributed by atoms with Crippen molar-refractivity contribution in [2.75, 3.05) is 18.4 Å². The maximum absolute atomic E-state index is 4.30. The lowest BCUT2D eigenvalue weighted by Gasteiger charge is -2.12. The average molecular weight is 220 g/mol. The van der Waals surface area contributed by atoms with Crippen LogP contribution in [0.5, 0.6) is 0 Å². The summed E-state index contributed by atoms with van der Waals surface area (Å²) in [5.74, 6) is 0.968. The zero-order valence-electron chi connectivity index (χ0n) is 8.23. The van der Waals surface area contributed by atoms with Crippen molar-refractivity contribution in [3.8, 4) is 0 Å². The highest BCUT2D eigenvalue weighted by molar-refractivity contribution is 7.16. The van der Waals surface area contributed by atoms with E-state index < -0.39 is 0 Å². The molecule has 2 N–H and O–H groups in total. The first-order chi connectivity index (χ1) is 7.43. The van der Waals surface area contributed by atoms with Gasteiger partial charge in [-0.2, -0.15) is 0 Å². The molecule has 15 heavy (non-hydrogen) atoms. The lowest BCUT2D eigenvalue weighted by Crippen LogP contribution is -2.22. The van der Waals surface area contributed by atoms with Crippen molar-refractivity contribution in [3.05, 3.63) is 17.8 Å². The monoisotopic (exact) mass is 220 g/mol. The minimum atomic E-state index is 0.503. The first-order valence-electron chi connectivity index (χ1n) is 5.09. The number of nitrogens with one attached hydrogen (secondary N) is 2. The predicted octanol–water partition coefficient (Wildman–Crippen LogP) is 1.47. The van der Waals surface area contributed by atoms with Crippen LogP contribution in [0.2, 0.25) is 0 Å². The van der Waals surface area contributed by atoms with Gasteiger partial charge in [-0.3, -0.25) is 0 Å². The van der Waals surface area contributed by atoms with Gasteiger partial charge in [0.2, 0.25) is 0 Å². The van der Waals surface area contributed by atoms with E-state index in [1.165, 1.54) is 0 Å². The highest BCUT2D eigenvalue weighted by Crippen LogP contribution is 2.24. The van der Waals surface area contributed by atoms with Crippen LogP contribution >= 0.6 is 11.3 Å². The van der Waals surface area contributed by atoms with Crippen molar-refractivity contribution in [3.63, 3.8) is 0 Å². The van der Waals surface area contributed by atoms with E-state index in [1.807, 2.05) is 0 Å². The van der Waals surface area contributed by atoms with E-state index in [-0.39, 0.29) is 0 Å². The standard InChI is InChI=1S/C10H12N4S/c1-3-11-5-7(1)14-9-8-2-4-15-10(8)13-6-12-9/h2,4,6-7,11H,1,3,5H2,(H,12,13,14)/t7-/m1/s1. The van der Waals surface area contributed by atoms with Crippen LogP contribution in [0, 0.1) is 0 Å². The molecule has 0 radical (unpaired) electrons. The van der Waals surface area contributed by atoms with Crippen molar-refractivity contribution in [1.82, 2.24) is 15.3 Å². The molecule has 0 bridgehead atoms. The van der Waals surface area contributed by atoms with Gasteiger partial charge >= 0.3 is 0 Å². The maximum Gasteiger partial charge on any atom is 0.138 e. The zero-order chi connectivity index (χ0) is 10.1. The first kappa shape index (κ1) is 9.06. The molecule has 3 rings (SSSR count). The zero-order valence-corrected chi connectivity index (χ0v) is 9.05. The van der Waals surface area contributed by atoms with E-state index in [2.05, 4.69) is 32.0 Å². The molecule has 1 fully saturated rings. The van der Waals surface area contributed by atoms with Gasteiger partial charge in [0.25, 0.3) is 0 Å². The number of hydrogen-bond donors (Lipinski definition) is 2. The van der Waals surface area contributed by atoms with E-state index in [0.29, 0.717) is 6.04 Å². The molecule has 1 aliphatic rings. The number of hydrogen-bond acceptors (Lipinski definition) is 5. The minimum Gasteiger partial charge on any atom is -0.365 e. The Kier molecular flexibility index (Phi) is 2.26. The largest absolute Gasteiger partial charge is 0.365 e. The third-order valence-corrected chi connectivity index (χ3v) is 3.48. The van der Waals surface area contributed by atoms with Gasteiger partial charge in [-0.1, -0.05) is 0 Å². The fraction of sp³-hybridized carbons (Fsp3) is 0.400. The molecule has 0 aliphatic carbocycles. The highest BCUT2D eigenvalue weighted by atomic mass is 32.1. The van der Waals surface area contributed by atoms with E-state index >= 15 is 0 Å². The highest BCUT2D eigenvalue weighted by Gasteiger charge is 2.15. The van der Waals surface area contributed by atoms with E-state index in [4.69, 9.17) is 0 Å². The SMILES string of the molecule is c1nc(N[C@@H]2CCNC2)c2ccsc2n1. The number of nitrogens with zero attached hydrogens (tertiary/aromatic N) is 2. The Balaban J connectivity index is 1.92. The van der Waals surface area contributed by atoms with Gasteiger partial charge in [0, 0.05) is 12.6 Å². The Labute approximate surface area is 91.7 Å². The molecule has 0 spiro atoms. The normalized spacial score (nSPS) is 20.9. The molecule has 2 aromatic rings. The Morgan fingerprint density at radius 2 is 2.47 bits per heavy atom. The van der Waals surface area contributed by atoms with Gasteiger partial charge in [-0.15, -0.1) is 11.3 Å². The third kappa shape index (κ3) is 1.68. The van der Waals surface area contributed by atoms with Crippen LogP contribution in [-0.2, 0) is 0 Å². The smallest absolute Gasteiger partial charge is 0.138 e. The number of aromatic nitrogens is 2. The van der Waals surface area contributed by atoms with Crippen LogP contribution < -0.4 is 10.6 Å². The number of thiophene rings is 1. The maximum atomic E-state index is 4.30. The van der Waals surface area contributed by atoms with Gasteiger partial charge in [0.05, 0.1) is 5.39 Å². The predicted molar refractivity (Wildman–Crippen MR) is 62.3 cm³/mol. The quantitative estimate of drug-likeness (QED) is 0.804. The van der Waals surface area contributed by atoms with Crippen molar-refractivity contribution in [1.29, 1.82) is 0 Å². The lowest BCUT2D eigenvalue weighted by molar-refractivity contribution is 0.789. The summed E-state index contributed by atoms with van der Waals surface area (Å²) in [4.78, 5) is 9.58. The summed E-state index contributed by atoms with van der Waals surface area (Å²) in [6.07, 6.45) is 2.79. The summed E-state index contributed by atoms with van der Waals surface area (Å²) in [6, 6.07) is 2.58. The van der Waals surface area contributed by atoms with Crippen molar-refractivity contribution < 1.29 is 0 Å². The third-order valence-electron chi connectivity index (χ3n) is 2.66. The van der Waals surface area contributed by atoms with Crippen molar-refractivity contribution >= 4 is 27.4 Å².